The molecule has 4 nitrogen and oxygen atoms in total. The van der Waals surface area contributed by atoms with Crippen LogP contribution in [0, 0.1) is 5.82 Å². The second-order valence-electron chi connectivity index (χ2n) is 4.92. The van der Waals surface area contributed by atoms with Gasteiger partial charge >= 0.3 is 0 Å². The number of anilines is 1. The molecule has 0 bridgehead atoms. The van der Waals surface area contributed by atoms with Gasteiger partial charge in [0.05, 0.1) is 11.2 Å². The number of carbonyl (C=O) groups is 1. The monoisotopic (exact) mass is 307 g/mol. The Bertz CT molecular complexity index is 658. The lowest BCUT2D eigenvalue weighted by Crippen LogP contribution is -2.28. The summed E-state index contributed by atoms with van der Waals surface area (Å²) in [6.07, 6.45) is 1.43. The number of aromatic nitrogens is 2. The minimum Gasteiger partial charge on any atom is -0.310 e. The first-order valence-corrected chi connectivity index (χ1v) is 6.84. The Morgan fingerprint density at radius 1 is 1.29 bits per heavy atom. The molecule has 0 saturated heterocycles. The quantitative estimate of drug-likeness (QED) is 0.869. The standard InChI is InChI=1S/C15H15ClFN3O/c1-9(2)14-18-8-12(16)13(19-14)15(21)20(3)11-6-4-10(17)5-7-11/h4-9H,1-3H3. The summed E-state index contributed by atoms with van der Waals surface area (Å²) in [5, 5.41) is 0.193. The van der Waals surface area contributed by atoms with Crippen LogP contribution in [0.1, 0.15) is 36.1 Å². The molecule has 0 radical (unpaired) electrons. The maximum Gasteiger partial charge on any atom is 0.278 e. The number of halogens is 2. The molecular formula is C15H15ClFN3O. The summed E-state index contributed by atoms with van der Waals surface area (Å²) < 4.78 is 12.9. The van der Waals surface area contributed by atoms with Crippen molar-refractivity contribution in [2.24, 2.45) is 0 Å². The minimum atomic E-state index is -0.365. The van der Waals surface area contributed by atoms with Gasteiger partial charge in [-0.3, -0.25) is 4.79 Å². The van der Waals surface area contributed by atoms with E-state index in [1.165, 1.54) is 35.4 Å². The van der Waals surface area contributed by atoms with Crippen molar-refractivity contribution in [2.45, 2.75) is 19.8 Å². The van der Waals surface area contributed by atoms with Gasteiger partial charge in [-0.1, -0.05) is 25.4 Å². The van der Waals surface area contributed by atoms with Gasteiger partial charge in [-0.05, 0) is 24.3 Å². The smallest absolute Gasteiger partial charge is 0.278 e. The molecule has 1 heterocycles. The van der Waals surface area contributed by atoms with Gasteiger partial charge in [-0.15, -0.1) is 0 Å². The van der Waals surface area contributed by atoms with Crippen LogP contribution in [0.2, 0.25) is 5.02 Å². The van der Waals surface area contributed by atoms with Crippen molar-refractivity contribution >= 4 is 23.2 Å². The number of nitrogens with zero attached hydrogens (tertiary/aromatic N) is 3. The molecule has 0 spiro atoms. The fourth-order valence-corrected chi connectivity index (χ4v) is 1.92. The molecule has 0 aliphatic heterocycles. The van der Waals surface area contributed by atoms with Gasteiger partial charge in [0, 0.05) is 18.7 Å². The van der Waals surface area contributed by atoms with Crippen molar-refractivity contribution in [1.82, 2.24) is 9.97 Å². The summed E-state index contributed by atoms with van der Waals surface area (Å²) in [7, 11) is 1.59. The van der Waals surface area contributed by atoms with Crippen LogP contribution in [0.5, 0.6) is 0 Å². The lowest BCUT2D eigenvalue weighted by Gasteiger charge is -2.18. The van der Waals surface area contributed by atoms with E-state index in [1.807, 2.05) is 13.8 Å². The van der Waals surface area contributed by atoms with E-state index >= 15 is 0 Å². The second kappa shape index (κ2) is 6.18. The molecule has 6 heteroatoms. The Labute approximate surface area is 127 Å². The van der Waals surface area contributed by atoms with Crippen LogP contribution in [0.4, 0.5) is 10.1 Å². The zero-order chi connectivity index (χ0) is 15.6. The Morgan fingerprint density at radius 2 is 1.90 bits per heavy atom. The molecule has 2 aromatic rings. The zero-order valence-corrected chi connectivity index (χ0v) is 12.7. The highest BCUT2D eigenvalue weighted by atomic mass is 35.5. The summed E-state index contributed by atoms with van der Waals surface area (Å²) in [6, 6.07) is 5.62. The molecule has 0 aliphatic rings. The molecule has 21 heavy (non-hydrogen) atoms. The van der Waals surface area contributed by atoms with Crippen LogP contribution in [-0.2, 0) is 0 Å². The molecule has 0 atom stereocenters. The van der Waals surface area contributed by atoms with Crippen molar-refractivity contribution in [3.63, 3.8) is 0 Å². The first-order chi connectivity index (χ1) is 9.90. The van der Waals surface area contributed by atoms with Crippen molar-refractivity contribution in [1.29, 1.82) is 0 Å². The van der Waals surface area contributed by atoms with Gasteiger partial charge in [0.2, 0.25) is 0 Å². The van der Waals surface area contributed by atoms with Gasteiger partial charge in [0.15, 0.2) is 5.69 Å². The highest BCUT2D eigenvalue weighted by molar-refractivity contribution is 6.34. The average molecular weight is 308 g/mol. The van der Waals surface area contributed by atoms with Crippen LogP contribution in [0.25, 0.3) is 0 Å². The average Bonchev–Trinajstić information content (AvgIpc) is 2.47. The molecule has 2 rings (SSSR count). The summed E-state index contributed by atoms with van der Waals surface area (Å²) in [5.74, 6) is -0.0853. The molecular weight excluding hydrogens is 293 g/mol. The van der Waals surface area contributed by atoms with Crippen LogP contribution in [0.3, 0.4) is 0 Å². The normalized spacial score (nSPS) is 10.8. The fraction of sp³-hybridized carbons (Fsp3) is 0.267. The van der Waals surface area contributed by atoms with E-state index < -0.39 is 0 Å². The number of benzene rings is 1. The number of amides is 1. The van der Waals surface area contributed by atoms with Crippen molar-refractivity contribution in [2.75, 3.05) is 11.9 Å². The zero-order valence-electron chi connectivity index (χ0n) is 12.0. The van der Waals surface area contributed by atoms with Crippen molar-refractivity contribution < 1.29 is 9.18 Å². The molecule has 0 fully saturated rings. The maximum absolute atomic E-state index is 12.9. The molecule has 0 unspecified atom stereocenters. The van der Waals surface area contributed by atoms with Gasteiger partial charge in [-0.25, -0.2) is 14.4 Å². The van der Waals surface area contributed by atoms with Crippen molar-refractivity contribution in [3.8, 4) is 0 Å². The highest BCUT2D eigenvalue weighted by Gasteiger charge is 2.20. The second-order valence-corrected chi connectivity index (χ2v) is 5.33. The summed E-state index contributed by atoms with van der Waals surface area (Å²) in [5.41, 5.74) is 0.698. The first-order valence-electron chi connectivity index (χ1n) is 6.46. The first kappa shape index (κ1) is 15.4. The van der Waals surface area contributed by atoms with Crippen LogP contribution < -0.4 is 4.90 Å². The predicted octanol–water partition coefficient (Wildman–Crippen LogP) is 3.67. The topological polar surface area (TPSA) is 46.1 Å². The summed E-state index contributed by atoms with van der Waals surface area (Å²) in [4.78, 5) is 22.2. The maximum atomic E-state index is 12.9. The van der Waals surface area contributed by atoms with E-state index in [4.69, 9.17) is 11.6 Å². The van der Waals surface area contributed by atoms with E-state index in [2.05, 4.69) is 9.97 Å². The predicted molar refractivity (Wildman–Crippen MR) is 80.3 cm³/mol. The van der Waals surface area contributed by atoms with E-state index in [0.717, 1.165) is 0 Å². The molecule has 110 valence electrons. The van der Waals surface area contributed by atoms with Crippen LogP contribution in [0.15, 0.2) is 30.5 Å². The number of hydrogen-bond donors (Lipinski definition) is 0. The minimum absolute atomic E-state index is 0.0879. The molecule has 0 N–H and O–H groups in total. The van der Waals surface area contributed by atoms with E-state index in [1.54, 1.807) is 7.05 Å². The molecule has 1 amide bonds. The van der Waals surface area contributed by atoms with Gasteiger partial charge in [0.25, 0.3) is 5.91 Å². The largest absolute Gasteiger partial charge is 0.310 e. The molecule has 1 aromatic heterocycles. The van der Waals surface area contributed by atoms with Crippen LogP contribution in [-0.4, -0.2) is 22.9 Å². The lowest BCUT2D eigenvalue weighted by molar-refractivity contribution is 0.0988. The molecule has 0 aliphatic carbocycles. The van der Waals surface area contributed by atoms with Gasteiger partial charge in [0.1, 0.15) is 11.6 Å². The Hall–Kier alpha value is -2.01. The fourth-order valence-electron chi connectivity index (χ4n) is 1.75. The van der Waals surface area contributed by atoms with E-state index in [-0.39, 0.29) is 28.4 Å². The Kier molecular flexibility index (Phi) is 4.53. The lowest BCUT2D eigenvalue weighted by atomic mass is 10.2. The summed E-state index contributed by atoms with van der Waals surface area (Å²) in [6.45, 7) is 3.86. The van der Waals surface area contributed by atoms with Crippen molar-refractivity contribution in [3.05, 3.63) is 52.8 Å². The third-order valence-electron chi connectivity index (χ3n) is 3.00. The number of hydrogen-bond acceptors (Lipinski definition) is 3. The number of rotatable bonds is 3. The van der Waals surface area contributed by atoms with Gasteiger partial charge < -0.3 is 4.90 Å². The molecule has 1 aromatic carbocycles. The Balaban J connectivity index is 2.35. The SMILES string of the molecule is CC(C)c1ncc(Cl)c(C(=O)N(C)c2ccc(F)cc2)n1. The van der Waals surface area contributed by atoms with Gasteiger partial charge in [-0.2, -0.15) is 0 Å². The molecule has 0 saturated carbocycles. The van der Waals surface area contributed by atoms with Crippen LogP contribution >= 0.6 is 11.6 Å². The highest BCUT2D eigenvalue weighted by Crippen LogP contribution is 2.21. The number of carbonyl (C=O) groups excluding carboxylic acids is 1. The van der Waals surface area contributed by atoms with E-state index in [0.29, 0.717) is 11.5 Å². The summed E-state index contributed by atoms with van der Waals surface area (Å²) >= 11 is 6.02. The Morgan fingerprint density at radius 3 is 2.48 bits per heavy atom. The van der Waals surface area contributed by atoms with E-state index in [9.17, 15) is 9.18 Å². The third kappa shape index (κ3) is 3.36. The third-order valence-corrected chi connectivity index (χ3v) is 3.28.